The number of nitrogen functional groups attached to an aromatic ring is 1. The van der Waals surface area contributed by atoms with Crippen molar-refractivity contribution < 1.29 is 4.79 Å². The van der Waals surface area contributed by atoms with Crippen LogP contribution in [0.3, 0.4) is 0 Å². The quantitative estimate of drug-likeness (QED) is 0.523. The average molecular weight is 395 g/mol. The highest BCUT2D eigenvalue weighted by Crippen LogP contribution is 2.25. The molecule has 0 radical (unpaired) electrons. The summed E-state index contributed by atoms with van der Waals surface area (Å²) >= 11 is 17.0. The fraction of sp³-hybridized carbons (Fsp3) is 0.0667. The number of hydrogen-bond donors (Lipinski definition) is 2. The van der Waals surface area contributed by atoms with Gasteiger partial charge in [0.05, 0.1) is 10.0 Å². The SMILES string of the molecule is Nn1c(-c2ccncc2)nn(CC(=O)Nc2ccc(Cl)c(Cl)c2)c1=S. The Bertz CT molecular complexity index is 985. The van der Waals surface area contributed by atoms with Gasteiger partial charge in [0.2, 0.25) is 10.7 Å². The minimum absolute atomic E-state index is 0.0959. The summed E-state index contributed by atoms with van der Waals surface area (Å²) in [5.41, 5.74) is 1.26. The summed E-state index contributed by atoms with van der Waals surface area (Å²) in [6.07, 6.45) is 3.24. The number of nitrogens with zero attached hydrogens (tertiary/aromatic N) is 4. The molecule has 0 aliphatic heterocycles. The molecule has 3 N–H and O–H groups in total. The van der Waals surface area contributed by atoms with Gasteiger partial charge in [0.25, 0.3) is 0 Å². The average Bonchev–Trinajstić information content (AvgIpc) is 2.87. The molecule has 10 heteroatoms. The van der Waals surface area contributed by atoms with E-state index in [-0.39, 0.29) is 17.2 Å². The Kier molecular flexibility index (Phi) is 5.03. The Morgan fingerprint density at radius 2 is 1.92 bits per heavy atom. The van der Waals surface area contributed by atoms with E-state index in [9.17, 15) is 4.79 Å². The molecule has 0 aliphatic rings. The van der Waals surface area contributed by atoms with E-state index in [0.29, 0.717) is 21.6 Å². The number of benzene rings is 1. The number of carbonyl (C=O) groups excluding carboxylic acids is 1. The van der Waals surface area contributed by atoms with Crippen LogP contribution in [-0.2, 0) is 11.3 Å². The number of amides is 1. The van der Waals surface area contributed by atoms with Gasteiger partial charge in [-0.1, -0.05) is 23.2 Å². The van der Waals surface area contributed by atoms with Gasteiger partial charge in [-0.05, 0) is 42.5 Å². The normalized spacial score (nSPS) is 10.6. The number of hydrogen-bond acceptors (Lipinski definition) is 5. The first kappa shape index (κ1) is 17.4. The predicted octanol–water partition coefficient (Wildman–Crippen LogP) is 3.14. The van der Waals surface area contributed by atoms with Gasteiger partial charge in [0.1, 0.15) is 6.54 Å². The van der Waals surface area contributed by atoms with Gasteiger partial charge in [-0.3, -0.25) is 9.78 Å². The van der Waals surface area contributed by atoms with E-state index in [4.69, 9.17) is 41.3 Å². The largest absolute Gasteiger partial charge is 0.335 e. The Labute approximate surface area is 158 Å². The van der Waals surface area contributed by atoms with E-state index < -0.39 is 0 Å². The van der Waals surface area contributed by atoms with Gasteiger partial charge in [-0.15, -0.1) is 5.10 Å². The molecule has 128 valence electrons. The van der Waals surface area contributed by atoms with Gasteiger partial charge < -0.3 is 11.2 Å². The van der Waals surface area contributed by atoms with Crippen molar-refractivity contribution in [2.75, 3.05) is 11.2 Å². The zero-order chi connectivity index (χ0) is 18.0. The number of anilines is 1. The van der Waals surface area contributed by atoms with Crippen LogP contribution >= 0.6 is 35.4 Å². The van der Waals surface area contributed by atoms with Crippen LogP contribution in [0.25, 0.3) is 11.4 Å². The molecular weight excluding hydrogens is 383 g/mol. The topological polar surface area (TPSA) is 90.8 Å². The second kappa shape index (κ2) is 7.22. The lowest BCUT2D eigenvalue weighted by Gasteiger charge is -2.06. The standard InChI is InChI=1S/C15H12Cl2N6OS/c16-11-2-1-10(7-12(11)17)20-13(24)8-22-15(25)23(18)14(21-22)9-3-5-19-6-4-9/h1-7H,8,18H2,(H,20,24). The van der Waals surface area contributed by atoms with Crippen molar-refractivity contribution in [1.82, 2.24) is 19.4 Å². The molecule has 0 aliphatic carbocycles. The number of halogens is 2. The van der Waals surface area contributed by atoms with Gasteiger partial charge in [0.15, 0.2) is 5.82 Å². The van der Waals surface area contributed by atoms with E-state index in [0.717, 1.165) is 5.56 Å². The molecule has 25 heavy (non-hydrogen) atoms. The van der Waals surface area contributed by atoms with Crippen LogP contribution in [0.1, 0.15) is 0 Å². The summed E-state index contributed by atoms with van der Waals surface area (Å²) in [5.74, 6) is 6.06. The highest BCUT2D eigenvalue weighted by molar-refractivity contribution is 7.71. The minimum atomic E-state index is -0.325. The number of nitrogens with two attached hydrogens (primary N) is 1. The van der Waals surface area contributed by atoms with E-state index in [2.05, 4.69) is 15.4 Å². The zero-order valence-electron chi connectivity index (χ0n) is 12.7. The first-order valence-corrected chi connectivity index (χ1v) is 8.22. The zero-order valence-corrected chi connectivity index (χ0v) is 15.0. The Balaban J connectivity index is 1.80. The third kappa shape index (κ3) is 3.81. The smallest absolute Gasteiger partial charge is 0.246 e. The second-order valence-corrected chi connectivity index (χ2v) is 6.23. The summed E-state index contributed by atoms with van der Waals surface area (Å²) in [6, 6.07) is 8.31. The van der Waals surface area contributed by atoms with E-state index >= 15 is 0 Å². The Hall–Kier alpha value is -2.42. The molecular formula is C15H12Cl2N6OS. The number of rotatable bonds is 4. The number of nitrogens with one attached hydrogen (secondary N) is 1. The summed E-state index contributed by atoms with van der Waals surface area (Å²) in [7, 11) is 0. The second-order valence-electron chi connectivity index (χ2n) is 5.05. The van der Waals surface area contributed by atoms with Crippen molar-refractivity contribution in [1.29, 1.82) is 0 Å². The minimum Gasteiger partial charge on any atom is -0.335 e. The van der Waals surface area contributed by atoms with Crippen molar-refractivity contribution in [3.63, 3.8) is 0 Å². The van der Waals surface area contributed by atoms with E-state index in [1.165, 1.54) is 9.36 Å². The molecule has 1 aromatic carbocycles. The summed E-state index contributed by atoms with van der Waals surface area (Å²) in [4.78, 5) is 16.2. The van der Waals surface area contributed by atoms with Crippen LogP contribution in [0, 0.1) is 4.77 Å². The molecule has 2 aromatic heterocycles. The van der Waals surface area contributed by atoms with Crippen LogP contribution < -0.4 is 11.2 Å². The Morgan fingerprint density at radius 1 is 1.20 bits per heavy atom. The molecule has 3 rings (SSSR count). The number of carbonyl (C=O) groups is 1. The first-order chi connectivity index (χ1) is 12.0. The first-order valence-electron chi connectivity index (χ1n) is 7.06. The van der Waals surface area contributed by atoms with Gasteiger partial charge in [-0.2, -0.15) is 0 Å². The Morgan fingerprint density at radius 3 is 2.60 bits per heavy atom. The lowest BCUT2D eigenvalue weighted by atomic mass is 10.2. The lowest BCUT2D eigenvalue weighted by molar-refractivity contribution is -0.116. The van der Waals surface area contributed by atoms with Gasteiger partial charge in [-0.25, -0.2) is 9.36 Å². The number of pyridine rings is 1. The monoisotopic (exact) mass is 394 g/mol. The van der Waals surface area contributed by atoms with Crippen molar-refractivity contribution >= 4 is 47.0 Å². The summed E-state index contributed by atoms with van der Waals surface area (Å²) in [5, 5.41) is 7.77. The maximum Gasteiger partial charge on any atom is 0.246 e. The molecule has 0 bridgehead atoms. The fourth-order valence-corrected chi connectivity index (χ4v) is 2.62. The highest BCUT2D eigenvalue weighted by atomic mass is 35.5. The third-order valence-electron chi connectivity index (χ3n) is 3.31. The molecule has 0 spiro atoms. The molecule has 0 saturated carbocycles. The summed E-state index contributed by atoms with van der Waals surface area (Å²) < 4.78 is 2.81. The summed E-state index contributed by atoms with van der Waals surface area (Å²) in [6.45, 7) is -0.0959. The van der Waals surface area contributed by atoms with Crippen molar-refractivity contribution in [2.24, 2.45) is 0 Å². The predicted molar refractivity (Wildman–Crippen MR) is 99.5 cm³/mol. The van der Waals surface area contributed by atoms with Gasteiger partial charge in [0, 0.05) is 23.6 Å². The molecule has 0 fully saturated rings. The molecule has 1 amide bonds. The maximum absolute atomic E-state index is 12.2. The van der Waals surface area contributed by atoms with Crippen LogP contribution in [0.4, 0.5) is 5.69 Å². The van der Waals surface area contributed by atoms with Crippen LogP contribution in [0.15, 0.2) is 42.7 Å². The lowest BCUT2D eigenvalue weighted by Crippen LogP contribution is -2.20. The molecule has 2 heterocycles. The van der Waals surface area contributed by atoms with Crippen molar-refractivity contribution in [2.45, 2.75) is 6.54 Å². The van der Waals surface area contributed by atoms with Crippen LogP contribution in [0.2, 0.25) is 10.0 Å². The van der Waals surface area contributed by atoms with Crippen LogP contribution in [0.5, 0.6) is 0 Å². The molecule has 0 unspecified atom stereocenters. The molecule has 7 nitrogen and oxygen atoms in total. The van der Waals surface area contributed by atoms with Crippen molar-refractivity contribution in [3.05, 3.63) is 57.5 Å². The van der Waals surface area contributed by atoms with E-state index in [1.807, 2.05) is 0 Å². The molecule has 3 aromatic rings. The van der Waals surface area contributed by atoms with Crippen molar-refractivity contribution in [3.8, 4) is 11.4 Å². The fourth-order valence-electron chi connectivity index (χ4n) is 2.13. The maximum atomic E-state index is 12.2. The third-order valence-corrected chi connectivity index (χ3v) is 4.45. The van der Waals surface area contributed by atoms with Gasteiger partial charge >= 0.3 is 0 Å². The van der Waals surface area contributed by atoms with Crippen LogP contribution in [-0.4, -0.2) is 25.3 Å². The highest BCUT2D eigenvalue weighted by Gasteiger charge is 2.13. The molecule has 0 atom stereocenters. The molecule has 0 saturated heterocycles. The number of aromatic nitrogens is 4. The van der Waals surface area contributed by atoms with E-state index in [1.54, 1.807) is 42.7 Å².